The first-order valence-corrected chi connectivity index (χ1v) is 9.75. The second-order valence-corrected chi connectivity index (χ2v) is 7.46. The highest BCUT2D eigenvalue weighted by Crippen LogP contribution is 2.41. The molecule has 1 aliphatic rings. The minimum Gasteiger partial charge on any atom is -0.491 e. The molecule has 2 aromatic carbocycles. The molecule has 9 heteroatoms. The number of para-hydroxylation sites is 1. The summed E-state index contributed by atoms with van der Waals surface area (Å²) >= 11 is 0. The molecule has 0 spiro atoms. The van der Waals surface area contributed by atoms with Gasteiger partial charge < -0.3 is 19.0 Å². The third-order valence-electron chi connectivity index (χ3n) is 5.35. The summed E-state index contributed by atoms with van der Waals surface area (Å²) < 4.78 is 41.0. The van der Waals surface area contributed by atoms with Crippen LogP contribution in [0.4, 0.5) is 20.5 Å². The van der Waals surface area contributed by atoms with Crippen LogP contribution in [0.15, 0.2) is 45.7 Å². The summed E-state index contributed by atoms with van der Waals surface area (Å²) in [6, 6.07) is 8.62. The molecule has 0 amide bonds. The summed E-state index contributed by atoms with van der Waals surface area (Å²) in [6.45, 7) is 1.93. The molecule has 2 aromatic heterocycles. The average molecular weight is 424 g/mol. The van der Waals surface area contributed by atoms with Gasteiger partial charge >= 0.3 is 6.01 Å². The molecule has 4 aromatic rings. The molecular formula is C22H18F2N4O3. The zero-order chi connectivity index (χ0) is 21.7. The first-order chi connectivity index (χ1) is 15.0. The van der Waals surface area contributed by atoms with Crippen LogP contribution in [-0.4, -0.2) is 21.9 Å². The lowest BCUT2D eigenvalue weighted by Gasteiger charge is -2.15. The minimum absolute atomic E-state index is 0.00763. The number of methoxy groups -OCH3 is 1. The highest BCUT2D eigenvalue weighted by atomic mass is 19.2. The molecule has 158 valence electrons. The quantitative estimate of drug-likeness (QED) is 0.499. The van der Waals surface area contributed by atoms with Gasteiger partial charge in [-0.05, 0) is 37.5 Å². The van der Waals surface area contributed by atoms with Crippen molar-refractivity contribution >= 4 is 22.6 Å². The van der Waals surface area contributed by atoms with Gasteiger partial charge in [0.1, 0.15) is 5.56 Å². The van der Waals surface area contributed by atoms with Gasteiger partial charge in [-0.1, -0.05) is 23.3 Å². The van der Waals surface area contributed by atoms with Crippen LogP contribution >= 0.6 is 0 Å². The normalized spacial score (nSPS) is 13.5. The van der Waals surface area contributed by atoms with E-state index in [9.17, 15) is 13.6 Å². The molecular weight excluding hydrogens is 406 g/mol. The number of fused-ring (bicyclic) bond motifs is 1. The summed E-state index contributed by atoms with van der Waals surface area (Å²) in [4.78, 5) is 13.2. The summed E-state index contributed by atoms with van der Waals surface area (Å²) in [6.07, 6.45) is 3.25. The van der Waals surface area contributed by atoms with Crippen LogP contribution < -0.4 is 15.5 Å². The van der Waals surface area contributed by atoms with E-state index in [1.165, 1.54) is 7.11 Å². The molecule has 0 saturated heterocycles. The SMILES string of the molecule is COc1c(F)c(F)cc2c(=O)c(-c3nnc(Nc4ccccc4C)o3)cn(C3CC3)c12. The smallest absolute Gasteiger partial charge is 0.320 e. The number of nitrogens with zero attached hydrogens (tertiary/aromatic N) is 3. The van der Waals surface area contributed by atoms with Gasteiger partial charge in [0.15, 0.2) is 11.6 Å². The summed E-state index contributed by atoms with van der Waals surface area (Å²) in [5.74, 6) is -2.59. The van der Waals surface area contributed by atoms with Gasteiger partial charge in [0.25, 0.3) is 5.89 Å². The Morgan fingerprint density at radius 2 is 2.00 bits per heavy atom. The molecule has 0 radical (unpaired) electrons. The van der Waals surface area contributed by atoms with Gasteiger partial charge in [0.2, 0.25) is 11.2 Å². The first kappa shape index (κ1) is 19.2. The first-order valence-electron chi connectivity index (χ1n) is 9.75. The maximum absolute atomic E-state index is 14.3. The van der Waals surface area contributed by atoms with Gasteiger partial charge in [0, 0.05) is 17.9 Å². The van der Waals surface area contributed by atoms with Crippen LogP contribution in [0.1, 0.15) is 24.4 Å². The summed E-state index contributed by atoms with van der Waals surface area (Å²) in [5, 5.41) is 11.0. The molecule has 7 nitrogen and oxygen atoms in total. The monoisotopic (exact) mass is 424 g/mol. The Labute approximate surface area is 175 Å². The summed E-state index contributed by atoms with van der Waals surface area (Å²) in [7, 11) is 1.24. The van der Waals surface area contributed by atoms with Crippen molar-refractivity contribution in [2.45, 2.75) is 25.8 Å². The third-order valence-corrected chi connectivity index (χ3v) is 5.35. The lowest BCUT2D eigenvalue weighted by atomic mass is 10.1. The maximum Gasteiger partial charge on any atom is 0.320 e. The largest absolute Gasteiger partial charge is 0.491 e. The molecule has 1 aliphatic carbocycles. The van der Waals surface area contributed by atoms with Gasteiger partial charge in [-0.3, -0.25) is 4.79 Å². The fourth-order valence-electron chi connectivity index (χ4n) is 3.62. The fraction of sp³-hybridized carbons (Fsp3) is 0.227. The van der Waals surface area contributed by atoms with Crippen LogP contribution in [0.3, 0.4) is 0 Å². The number of halogens is 2. The van der Waals surface area contributed by atoms with Gasteiger partial charge in [0.05, 0.1) is 18.0 Å². The molecule has 0 atom stereocenters. The number of ether oxygens (including phenoxy) is 1. The van der Waals surface area contributed by atoms with E-state index in [1.54, 1.807) is 10.8 Å². The van der Waals surface area contributed by atoms with Crippen molar-refractivity contribution in [3.05, 3.63) is 63.9 Å². The van der Waals surface area contributed by atoms with Gasteiger partial charge in [-0.25, -0.2) is 4.39 Å². The van der Waals surface area contributed by atoms with Crippen molar-refractivity contribution in [3.63, 3.8) is 0 Å². The predicted octanol–water partition coefficient (Wildman–Crippen LogP) is 4.73. The van der Waals surface area contributed by atoms with Crippen LogP contribution in [0, 0.1) is 18.6 Å². The molecule has 1 fully saturated rings. The Kier molecular flexibility index (Phi) is 4.46. The van der Waals surface area contributed by atoms with Crippen molar-refractivity contribution in [1.82, 2.24) is 14.8 Å². The second-order valence-electron chi connectivity index (χ2n) is 7.46. The molecule has 5 rings (SSSR count). The van der Waals surface area contributed by atoms with E-state index >= 15 is 0 Å². The van der Waals surface area contributed by atoms with E-state index in [0.29, 0.717) is 0 Å². The van der Waals surface area contributed by atoms with E-state index in [-0.39, 0.29) is 40.2 Å². The molecule has 1 saturated carbocycles. The lowest BCUT2D eigenvalue weighted by molar-refractivity contribution is 0.374. The Balaban J connectivity index is 1.66. The number of aromatic nitrogens is 3. The zero-order valence-electron chi connectivity index (χ0n) is 16.8. The zero-order valence-corrected chi connectivity index (χ0v) is 16.8. The fourth-order valence-corrected chi connectivity index (χ4v) is 3.62. The summed E-state index contributed by atoms with van der Waals surface area (Å²) in [5.41, 5.74) is 1.55. The van der Waals surface area contributed by atoms with Gasteiger partial charge in [-0.15, -0.1) is 5.10 Å². The number of anilines is 2. The van der Waals surface area contributed by atoms with Gasteiger partial charge in [-0.2, -0.15) is 4.39 Å². The molecule has 0 bridgehead atoms. The standard InChI is InChI=1S/C22H18F2N4O3/c1-11-5-3-4-6-16(11)25-22-27-26-21(31-22)14-10-28(12-7-8-12)18-13(19(14)29)9-15(23)17(24)20(18)30-2/h3-6,9-10,12H,7-8H2,1-2H3,(H,25,27). The van der Waals surface area contributed by atoms with Crippen molar-refractivity contribution in [2.75, 3.05) is 12.4 Å². The van der Waals surface area contributed by atoms with E-state index in [2.05, 4.69) is 15.5 Å². The number of rotatable bonds is 5. The van der Waals surface area contributed by atoms with Crippen LogP contribution in [0.5, 0.6) is 5.75 Å². The third kappa shape index (κ3) is 3.22. The number of hydrogen-bond donors (Lipinski definition) is 1. The lowest BCUT2D eigenvalue weighted by Crippen LogP contribution is -2.14. The number of benzene rings is 2. The molecule has 2 heterocycles. The van der Waals surface area contributed by atoms with E-state index in [4.69, 9.17) is 9.15 Å². The Morgan fingerprint density at radius 1 is 1.23 bits per heavy atom. The van der Waals surface area contributed by atoms with Crippen molar-refractivity contribution in [2.24, 2.45) is 0 Å². The molecule has 1 N–H and O–H groups in total. The average Bonchev–Trinajstić information content (AvgIpc) is 3.50. The van der Waals surface area contributed by atoms with Crippen LogP contribution in [0.25, 0.3) is 22.4 Å². The van der Waals surface area contributed by atoms with Crippen LogP contribution in [-0.2, 0) is 0 Å². The predicted molar refractivity (Wildman–Crippen MR) is 111 cm³/mol. The molecule has 0 aliphatic heterocycles. The number of nitrogens with one attached hydrogen (secondary N) is 1. The van der Waals surface area contributed by atoms with E-state index < -0.39 is 17.1 Å². The number of hydrogen-bond acceptors (Lipinski definition) is 6. The van der Waals surface area contributed by atoms with E-state index in [1.807, 2.05) is 31.2 Å². The van der Waals surface area contributed by atoms with Crippen LogP contribution in [0.2, 0.25) is 0 Å². The highest BCUT2D eigenvalue weighted by Gasteiger charge is 2.30. The second kappa shape index (κ2) is 7.19. The minimum atomic E-state index is -1.16. The number of aryl methyl sites for hydroxylation is 1. The maximum atomic E-state index is 14.3. The number of pyridine rings is 1. The Hall–Kier alpha value is -3.75. The molecule has 0 unspecified atom stereocenters. The Morgan fingerprint density at radius 3 is 2.71 bits per heavy atom. The highest BCUT2D eigenvalue weighted by molar-refractivity contribution is 5.88. The van der Waals surface area contributed by atoms with Crippen molar-refractivity contribution in [1.29, 1.82) is 0 Å². The van der Waals surface area contributed by atoms with Crippen molar-refractivity contribution < 1.29 is 17.9 Å². The Bertz CT molecular complexity index is 1380. The van der Waals surface area contributed by atoms with Crippen molar-refractivity contribution in [3.8, 4) is 17.2 Å². The van der Waals surface area contributed by atoms with E-state index in [0.717, 1.165) is 30.2 Å². The topological polar surface area (TPSA) is 82.2 Å². The molecule has 31 heavy (non-hydrogen) atoms.